The smallest absolute Gasteiger partial charge is 0.870 e. The summed E-state index contributed by atoms with van der Waals surface area (Å²) < 4.78 is 60.9. The zero-order valence-corrected chi connectivity index (χ0v) is 35.9. The van der Waals surface area contributed by atoms with E-state index < -0.39 is 51.6 Å². The fraction of sp³-hybridized carbons (Fsp3) is 0.871. The molecule has 0 unspecified atom stereocenters. The van der Waals surface area contributed by atoms with E-state index in [-0.39, 0.29) is 71.5 Å². The summed E-state index contributed by atoms with van der Waals surface area (Å²) in [6.07, 6.45) is 5.87. The minimum Gasteiger partial charge on any atom is -0.870 e. The van der Waals surface area contributed by atoms with Gasteiger partial charge in [-0.05, 0) is 97.4 Å². The molecule has 2 saturated carbocycles. The van der Waals surface area contributed by atoms with E-state index in [1.54, 1.807) is 0 Å². The Hall–Kier alpha value is -1.90. The minimum atomic E-state index is -4.77. The Morgan fingerprint density at radius 1 is 0.764 bits per heavy atom. The van der Waals surface area contributed by atoms with Crippen LogP contribution in [-0.2, 0) is 48.0 Å². The number of nitrogens with one attached hydrogen (secondary N) is 2. The summed E-state index contributed by atoms with van der Waals surface area (Å²) in [7, 11) is 2.61. The van der Waals surface area contributed by atoms with Crippen molar-refractivity contribution in [1.29, 1.82) is 0 Å². The van der Waals surface area contributed by atoms with Crippen molar-refractivity contribution in [2.75, 3.05) is 74.5 Å². The van der Waals surface area contributed by atoms with Crippen molar-refractivity contribution in [1.82, 2.24) is 45.3 Å². The molecule has 24 heteroatoms. The molecule has 8 rings (SSSR count). The Kier molecular flexibility index (Phi) is 14.6. The van der Waals surface area contributed by atoms with Crippen LogP contribution in [0.2, 0.25) is 0 Å². The first-order chi connectivity index (χ1) is 24.8. The average Bonchev–Trinajstić information content (AvgIpc) is 3.36. The number of carbonyl (C=O) groups excluding carboxylic acids is 4. The fourth-order valence-electron chi connectivity index (χ4n) is 9.66. The predicted molar refractivity (Wildman–Crippen MR) is 188 cm³/mol. The van der Waals surface area contributed by atoms with E-state index >= 15 is 0 Å². The van der Waals surface area contributed by atoms with Crippen LogP contribution in [0.4, 0.5) is 9.59 Å². The van der Waals surface area contributed by atoms with Gasteiger partial charge in [-0.2, -0.15) is 13.5 Å². The van der Waals surface area contributed by atoms with Crippen LogP contribution in [-0.4, -0.2) is 188 Å². The molecule has 2 aliphatic carbocycles. The normalized spacial score (nSPS) is 29.2. The molecule has 308 valence electrons. The average molecular weight is 831 g/mol. The maximum atomic E-state index is 12.6. The van der Waals surface area contributed by atoms with E-state index in [2.05, 4.69) is 43.1 Å². The number of nitrogens with zero attached hydrogens (tertiary/aromatic N) is 7. The zero-order valence-electron chi connectivity index (χ0n) is 32.3. The molecule has 0 aromatic rings. The molecule has 21 nitrogen and oxygen atoms in total. The van der Waals surface area contributed by atoms with Crippen LogP contribution in [0.15, 0.2) is 0 Å². The number of piperidine rings is 2. The third kappa shape index (κ3) is 10.2. The van der Waals surface area contributed by atoms with Gasteiger partial charge >= 0.3 is 52.0 Å². The molecule has 55 heavy (non-hydrogen) atoms. The van der Waals surface area contributed by atoms with E-state index in [1.165, 1.54) is 9.80 Å². The van der Waals surface area contributed by atoms with E-state index in [0.717, 1.165) is 56.9 Å². The second kappa shape index (κ2) is 17.5. The summed E-state index contributed by atoms with van der Waals surface area (Å²) in [6, 6.07) is -2.88. The third-order valence-corrected chi connectivity index (χ3v) is 12.0. The predicted octanol–water partition coefficient (Wildman–Crippen LogP) is -4.17. The minimum absolute atomic E-state index is 0. The summed E-state index contributed by atoms with van der Waals surface area (Å²) in [4.78, 5) is 59.0. The van der Waals surface area contributed by atoms with Crippen LogP contribution < -0.4 is 40.2 Å². The molecule has 8 aliphatic rings. The van der Waals surface area contributed by atoms with Crippen molar-refractivity contribution in [3.8, 4) is 0 Å². The van der Waals surface area contributed by atoms with Gasteiger partial charge < -0.3 is 53.3 Å². The van der Waals surface area contributed by atoms with Crippen molar-refractivity contribution in [2.24, 2.45) is 10.8 Å². The van der Waals surface area contributed by atoms with Gasteiger partial charge in [-0.25, -0.2) is 14.7 Å². The van der Waals surface area contributed by atoms with Gasteiger partial charge in [0.05, 0.1) is 23.1 Å². The Bertz CT molecular complexity index is 1620. The Morgan fingerprint density at radius 2 is 1.13 bits per heavy atom. The molecule has 4 atom stereocenters. The molecule has 0 radical (unpaired) electrons. The summed E-state index contributed by atoms with van der Waals surface area (Å²) in [5.41, 5.74) is 0.741. The number of hydrogen-bond acceptors (Lipinski definition) is 15. The molecule has 4 N–H and O–H groups in total. The van der Waals surface area contributed by atoms with Crippen LogP contribution in [0.25, 0.3) is 0 Å². The summed E-state index contributed by atoms with van der Waals surface area (Å²) in [6.45, 7) is 4.86. The Morgan fingerprint density at radius 3 is 1.47 bits per heavy atom. The molecule has 0 aromatic heterocycles. The molecule has 6 aliphatic heterocycles. The maximum Gasteiger partial charge on any atom is 1.00 e. The van der Waals surface area contributed by atoms with Crippen molar-refractivity contribution in [3.05, 3.63) is 0 Å². The quantitative estimate of drug-likeness (QED) is 0.119. The van der Waals surface area contributed by atoms with Crippen LogP contribution >= 0.6 is 0 Å². The maximum absolute atomic E-state index is 12.6. The number of hydrogen-bond donors (Lipinski definition) is 3. The van der Waals surface area contributed by atoms with Gasteiger partial charge in [-0.15, -0.1) is 4.28 Å². The number of fused-ring (bicyclic) bond motifs is 4. The molecule has 6 amide bonds. The van der Waals surface area contributed by atoms with Crippen LogP contribution in [0.5, 0.6) is 0 Å². The first-order valence-electron chi connectivity index (χ1n) is 18.0. The Balaban J connectivity index is 0.000000216. The van der Waals surface area contributed by atoms with Gasteiger partial charge in [0.1, 0.15) is 12.1 Å². The van der Waals surface area contributed by atoms with Crippen molar-refractivity contribution in [3.63, 3.8) is 0 Å². The van der Waals surface area contributed by atoms with Gasteiger partial charge in [0, 0.05) is 51.4 Å². The topological polar surface area (TPSA) is 252 Å². The molecule has 4 bridgehead atoms. The van der Waals surface area contributed by atoms with E-state index in [4.69, 9.17) is 4.55 Å². The van der Waals surface area contributed by atoms with Crippen molar-refractivity contribution < 1.29 is 84.2 Å². The largest absolute Gasteiger partial charge is 1.00 e. The molecule has 8 fully saturated rings. The summed E-state index contributed by atoms with van der Waals surface area (Å²) in [5, 5.41) is 7.60. The summed E-state index contributed by atoms with van der Waals surface area (Å²) in [5.74, 6) is -0.340. The van der Waals surface area contributed by atoms with E-state index in [1.807, 2.05) is 26.0 Å². The summed E-state index contributed by atoms with van der Waals surface area (Å²) >= 11 is 0. The number of urea groups is 2. The van der Waals surface area contributed by atoms with Gasteiger partial charge in [0.15, 0.2) is 0 Å². The van der Waals surface area contributed by atoms with Crippen LogP contribution in [0.3, 0.4) is 0 Å². The van der Waals surface area contributed by atoms with Crippen molar-refractivity contribution >= 4 is 45.3 Å². The molecule has 6 saturated heterocycles. The monoisotopic (exact) mass is 830 g/mol. The number of hydroxylamine groups is 4. The molecule has 6 heterocycles. The SMILES string of the molecule is CN(C)C.CN1CC2(CC(NC(=O)[C@@H]3CC[C@@H]4CN3C(=O)N4OS(=O)(=O)O)C2)C1.CN1CC2(CC(NC(=O)[C@@H]3CC[C@@H]4CN3C(=O)N4O[S-](=O)=O)C2)C1.[Na+].[OH-]. The number of likely N-dealkylation sites (tertiary alicyclic amines) is 2. The fourth-order valence-corrected chi connectivity index (χ4v) is 10.4. The van der Waals surface area contributed by atoms with Crippen molar-refractivity contribution in [2.45, 2.75) is 87.6 Å². The first kappa shape index (κ1) is 45.8. The number of rotatable bonds is 8. The number of amides is 6. The van der Waals surface area contributed by atoms with E-state index in [9.17, 15) is 36.0 Å². The third-order valence-electron chi connectivity index (χ3n) is 11.4. The second-order valence-corrected chi connectivity index (χ2v) is 18.3. The first-order valence-corrected chi connectivity index (χ1v) is 20.4. The van der Waals surface area contributed by atoms with E-state index in [0.29, 0.717) is 48.1 Å². The van der Waals surface area contributed by atoms with Crippen LogP contribution in [0.1, 0.15) is 51.4 Å². The zero-order chi connectivity index (χ0) is 38.6. The molecular weight excluding hydrogens is 778 g/mol. The number of carbonyl (C=O) groups is 4. The van der Waals surface area contributed by atoms with Crippen LogP contribution in [0, 0.1) is 10.8 Å². The van der Waals surface area contributed by atoms with Gasteiger partial charge in [0.2, 0.25) is 11.8 Å². The molecule has 2 spiro atoms. The van der Waals surface area contributed by atoms with Gasteiger partial charge in [-0.3, -0.25) is 14.1 Å². The Labute approximate surface area is 345 Å². The molecule has 0 aromatic carbocycles. The second-order valence-electron chi connectivity index (χ2n) is 16.7. The van der Waals surface area contributed by atoms with Gasteiger partial charge in [-0.1, -0.05) is 0 Å². The standard InChI is InChI=1S/C14H22N4O6S.C14H21N4O5S.C3H9N.Na.H2O/c1-16-7-14(8-16)4-9(5-14)15-12(19)11-3-2-10-6-17(11)13(20)18(10)24-25(21,22)23;1-16-7-14(8-16)4-9(5-14)15-12(19)11-3-2-10-6-17(11)13(20)18(10)23-24(21)22;1-4(2)3;;/h9-11H,2-8H2,1H3,(H,15,19)(H,21,22,23);9-11H,2-8H2,1H3,(H,15,19);1-3H3;;1H2/q;-1;;+1;/p-1/t2*10-,11+;;;/m11.../s1. The molecular formula is C31H53N9NaO12S2-. The van der Waals surface area contributed by atoms with Gasteiger partial charge in [0.25, 0.3) is 0 Å².